The molecule has 2 fully saturated rings. The normalized spacial score (nSPS) is 30.3. The maximum absolute atomic E-state index is 11.7. The molecule has 2 saturated heterocycles. The van der Waals surface area contributed by atoms with Gasteiger partial charge in [-0.05, 0) is 12.8 Å². The Kier molecular flexibility index (Phi) is 9.31. The molecular formula is C18H32N2O6S. The molecule has 0 bridgehead atoms. The van der Waals surface area contributed by atoms with E-state index in [1.165, 1.54) is 11.8 Å². The standard InChI is InChI=1S/C18H32N2O6S/c21-17(22)13(5-7-15-3-1-9-19(15)25)11-27-12-14(18(23)24)6-8-16-4-2-10-20(16)26/h13-16,19-20H,1-12H2,(H,21,22)(H,23,24). The van der Waals surface area contributed by atoms with Gasteiger partial charge in [0.1, 0.15) is 0 Å². The number of rotatable bonds is 12. The van der Waals surface area contributed by atoms with Crippen LogP contribution in [0.4, 0.5) is 0 Å². The molecule has 2 heterocycles. The van der Waals surface area contributed by atoms with E-state index in [-0.39, 0.29) is 22.2 Å². The molecular weight excluding hydrogens is 372 g/mol. The Hall–Kier alpha value is -0.870. The highest BCUT2D eigenvalue weighted by atomic mass is 32.2. The highest BCUT2D eigenvalue weighted by molar-refractivity contribution is 7.99. The lowest BCUT2D eigenvalue weighted by atomic mass is 10.0. The predicted molar refractivity (Wildman–Crippen MR) is 102 cm³/mol. The van der Waals surface area contributed by atoms with Gasteiger partial charge >= 0.3 is 11.9 Å². The third kappa shape index (κ3) is 7.23. The van der Waals surface area contributed by atoms with Crippen molar-refractivity contribution in [1.29, 1.82) is 0 Å². The summed E-state index contributed by atoms with van der Waals surface area (Å²) < 4.78 is 0. The van der Waals surface area contributed by atoms with Crippen LogP contribution < -0.4 is 10.1 Å². The molecule has 2 rings (SSSR count). The number of hydrogen-bond donors (Lipinski definition) is 4. The molecule has 9 heteroatoms. The van der Waals surface area contributed by atoms with E-state index in [2.05, 4.69) is 0 Å². The monoisotopic (exact) mass is 404 g/mol. The number of carboxylic acid groups (broad SMARTS) is 2. The lowest BCUT2D eigenvalue weighted by Gasteiger charge is -2.25. The Balaban J connectivity index is 1.71. The SMILES string of the molecule is O=C(O)C(CCC1CCC[NH+]1[O-])CSCC(CCC1CCC[NH+]1[O-])C(=O)O. The molecule has 27 heavy (non-hydrogen) atoms. The van der Waals surface area contributed by atoms with Crippen molar-refractivity contribution in [2.45, 2.75) is 63.5 Å². The summed E-state index contributed by atoms with van der Waals surface area (Å²) in [4.78, 5) is 23.0. The van der Waals surface area contributed by atoms with Crippen molar-refractivity contribution < 1.29 is 29.9 Å². The van der Waals surface area contributed by atoms with Gasteiger partial charge in [0.25, 0.3) is 0 Å². The van der Waals surface area contributed by atoms with Gasteiger partial charge in [0, 0.05) is 50.0 Å². The Bertz CT molecular complexity index is 452. The molecule has 0 amide bonds. The van der Waals surface area contributed by atoms with Crippen LogP contribution in [0.1, 0.15) is 51.4 Å². The van der Waals surface area contributed by atoms with Crippen LogP contribution in [0.25, 0.3) is 0 Å². The largest absolute Gasteiger partial charge is 0.634 e. The first-order valence-electron chi connectivity index (χ1n) is 9.97. The van der Waals surface area contributed by atoms with E-state index < -0.39 is 23.8 Å². The molecule has 156 valence electrons. The van der Waals surface area contributed by atoms with E-state index >= 15 is 0 Å². The molecule has 0 aromatic rings. The maximum Gasteiger partial charge on any atom is 0.307 e. The summed E-state index contributed by atoms with van der Waals surface area (Å²) in [7, 11) is 0. The van der Waals surface area contributed by atoms with Crippen molar-refractivity contribution in [2.75, 3.05) is 24.6 Å². The van der Waals surface area contributed by atoms with E-state index in [1.807, 2.05) is 0 Å². The second kappa shape index (κ2) is 11.2. The summed E-state index contributed by atoms with van der Waals surface area (Å²) >= 11 is 1.36. The minimum Gasteiger partial charge on any atom is -0.634 e. The number of carboxylic acids is 2. The summed E-state index contributed by atoms with van der Waals surface area (Å²) in [5, 5.41) is 42.7. The van der Waals surface area contributed by atoms with E-state index in [4.69, 9.17) is 0 Å². The van der Waals surface area contributed by atoms with Crippen molar-refractivity contribution in [3.05, 3.63) is 10.4 Å². The zero-order valence-corrected chi connectivity index (χ0v) is 16.5. The van der Waals surface area contributed by atoms with Gasteiger partial charge in [-0.1, -0.05) is 0 Å². The molecule has 0 aromatic carbocycles. The van der Waals surface area contributed by atoms with Crippen molar-refractivity contribution >= 4 is 23.7 Å². The minimum absolute atomic E-state index is 0.00701. The van der Waals surface area contributed by atoms with Crippen LogP contribution in [-0.4, -0.2) is 58.8 Å². The molecule has 2 aliphatic heterocycles. The Morgan fingerprint density at radius 1 is 0.889 bits per heavy atom. The molecule has 6 atom stereocenters. The van der Waals surface area contributed by atoms with Crippen molar-refractivity contribution in [1.82, 2.24) is 0 Å². The average Bonchev–Trinajstić information content (AvgIpc) is 3.21. The number of quaternary nitrogens is 2. The van der Waals surface area contributed by atoms with Crippen LogP contribution >= 0.6 is 11.8 Å². The molecule has 0 saturated carbocycles. The van der Waals surface area contributed by atoms with Gasteiger partial charge in [-0.3, -0.25) is 9.59 Å². The molecule has 2 aliphatic rings. The van der Waals surface area contributed by atoms with Crippen molar-refractivity contribution in [2.24, 2.45) is 11.8 Å². The molecule has 4 N–H and O–H groups in total. The number of nitrogens with one attached hydrogen (secondary N) is 2. The average molecular weight is 405 g/mol. The number of thioether (sulfide) groups is 1. The van der Waals surface area contributed by atoms with E-state index in [0.29, 0.717) is 50.3 Å². The number of carbonyl (C=O) groups is 2. The quantitative estimate of drug-likeness (QED) is 0.331. The van der Waals surface area contributed by atoms with Crippen LogP contribution in [0.2, 0.25) is 0 Å². The highest BCUT2D eigenvalue weighted by Crippen LogP contribution is 2.22. The number of hydroxylamine groups is 4. The van der Waals surface area contributed by atoms with Gasteiger partial charge in [0.2, 0.25) is 0 Å². The highest BCUT2D eigenvalue weighted by Gasteiger charge is 2.28. The Labute approximate surface area is 164 Å². The van der Waals surface area contributed by atoms with Gasteiger partial charge in [-0.2, -0.15) is 11.8 Å². The molecule has 6 unspecified atom stereocenters. The third-order valence-corrected chi connectivity index (χ3v) is 7.20. The zero-order chi connectivity index (χ0) is 19.8. The summed E-state index contributed by atoms with van der Waals surface area (Å²) in [5.74, 6) is -2.12. The Morgan fingerprint density at radius 3 is 1.59 bits per heavy atom. The Morgan fingerprint density at radius 2 is 1.30 bits per heavy atom. The molecule has 0 radical (unpaired) electrons. The van der Waals surface area contributed by atoms with E-state index in [1.54, 1.807) is 0 Å². The van der Waals surface area contributed by atoms with Gasteiger partial charge in [-0.15, -0.1) is 0 Å². The fourth-order valence-electron chi connectivity index (χ4n) is 4.10. The van der Waals surface area contributed by atoms with E-state index in [9.17, 15) is 30.2 Å². The summed E-state index contributed by atoms with van der Waals surface area (Å²) in [6.45, 7) is 1.22. The zero-order valence-electron chi connectivity index (χ0n) is 15.7. The first kappa shape index (κ1) is 22.4. The lowest BCUT2D eigenvalue weighted by Crippen LogP contribution is -3.08. The predicted octanol–water partition coefficient (Wildman–Crippen LogP) is -0.228. The van der Waals surface area contributed by atoms with Crippen LogP contribution in [0, 0.1) is 22.3 Å². The summed E-state index contributed by atoms with van der Waals surface area (Å²) in [5.41, 5.74) is 0. The fraction of sp³-hybridized carbons (Fsp3) is 0.889. The van der Waals surface area contributed by atoms with E-state index in [0.717, 1.165) is 25.7 Å². The minimum atomic E-state index is -0.878. The van der Waals surface area contributed by atoms with Gasteiger partial charge in [-0.25, -0.2) is 0 Å². The molecule has 0 aromatic heterocycles. The topological polar surface area (TPSA) is 130 Å². The fourth-order valence-corrected chi connectivity index (χ4v) is 5.42. The summed E-state index contributed by atoms with van der Waals surface area (Å²) in [6, 6.07) is 0.0140. The van der Waals surface area contributed by atoms with Gasteiger partial charge < -0.3 is 30.8 Å². The smallest absolute Gasteiger partial charge is 0.307 e. The van der Waals surface area contributed by atoms with Gasteiger partial charge in [0.05, 0.1) is 37.0 Å². The van der Waals surface area contributed by atoms with Crippen LogP contribution in [0.15, 0.2) is 0 Å². The van der Waals surface area contributed by atoms with Crippen LogP contribution in [0.3, 0.4) is 0 Å². The van der Waals surface area contributed by atoms with Crippen molar-refractivity contribution in [3.8, 4) is 0 Å². The molecule has 0 aliphatic carbocycles. The lowest BCUT2D eigenvalue weighted by molar-refractivity contribution is -0.861. The van der Waals surface area contributed by atoms with Gasteiger partial charge in [0.15, 0.2) is 0 Å². The molecule has 0 spiro atoms. The second-order valence-corrected chi connectivity index (χ2v) is 8.95. The first-order valence-corrected chi connectivity index (χ1v) is 11.1. The maximum atomic E-state index is 11.7. The summed E-state index contributed by atoms with van der Waals surface area (Å²) in [6.07, 6.45) is 5.68. The van der Waals surface area contributed by atoms with Crippen LogP contribution in [-0.2, 0) is 9.59 Å². The van der Waals surface area contributed by atoms with Crippen LogP contribution in [0.5, 0.6) is 0 Å². The third-order valence-electron chi connectivity index (χ3n) is 5.93. The second-order valence-electron chi connectivity index (χ2n) is 7.87. The number of hydrogen-bond acceptors (Lipinski definition) is 5. The molecule has 8 nitrogen and oxygen atoms in total. The number of aliphatic carboxylic acids is 2. The first-order chi connectivity index (χ1) is 12.9. The van der Waals surface area contributed by atoms with Crippen molar-refractivity contribution in [3.63, 3.8) is 0 Å².